The van der Waals surface area contributed by atoms with E-state index in [0.29, 0.717) is 19.1 Å². The lowest BCUT2D eigenvalue weighted by molar-refractivity contribution is 0.0688. The Balaban J connectivity index is 1.62. The molecule has 130 valence electrons. The van der Waals surface area contributed by atoms with Gasteiger partial charge in [-0.1, -0.05) is 26.8 Å². The topological polar surface area (TPSA) is 21.7 Å². The molecule has 1 fully saturated rings. The lowest BCUT2D eigenvalue weighted by Crippen LogP contribution is -2.36. The molecule has 3 nitrogen and oxygen atoms in total. The smallest absolute Gasteiger partial charge is 0.119 e. The first-order chi connectivity index (χ1) is 11.0. The SMILES string of the molecule is Cc1cc(OCCOCCN2CCC[C@H](C)C2)cc(C(C)C)c1. The van der Waals surface area contributed by atoms with Crippen molar-refractivity contribution in [2.75, 3.05) is 39.5 Å². The van der Waals surface area contributed by atoms with Gasteiger partial charge >= 0.3 is 0 Å². The molecule has 1 atom stereocenters. The van der Waals surface area contributed by atoms with E-state index in [2.05, 4.69) is 50.8 Å². The summed E-state index contributed by atoms with van der Waals surface area (Å²) in [6.07, 6.45) is 2.70. The number of hydrogen-bond donors (Lipinski definition) is 0. The maximum absolute atomic E-state index is 5.85. The third kappa shape index (κ3) is 6.52. The van der Waals surface area contributed by atoms with Crippen LogP contribution in [0.3, 0.4) is 0 Å². The molecule has 1 saturated heterocycles. The van der Waals surface area contributed by atoms with Gasteiger partial charge in [0.05, 0.1) is 13.2 Å². The highest BCUT2D eigenvalue weighted by Gasteiger charge is 2.15. The summed E-state index contributed by atoms with van der Waals surface area (Å²) in [7, 11) is 0. The number of piperidine rings is 1. The molecular weight excluding hydrogens is 286 g/mol. The second-order valence-corrected chi connectivity index (χ2v) is 7.24. The summed E-state index contributed by atoms with van der Waals surface area (Å²) < 4.78 is 11.6. The summed E-state index contributed by atoms with van der Waals surface area (Å²) in [5, 5.41) is 0. The van der Waals surface area contributed by atoms with Gasteiger partial charge in [-0.25, -0.2) is 0 Å². The fourth-order valence-electron chi connectivity index (χ4n) is 3.20. The Labute approximate surface area is 142 Å². The standard InChI is InChI=1S/C20H33NO2/c1-16(2)19-12-18(4)13-20(14-19)23-11-10-22-9-8-21-7-5-6-17(3)15-21/h12-14,16-17H,5-11,15H2,1-4H3/t17-/m0/s1. The van der Waals surface area contributed by atoms with E-state index >= 15 is 0 Å². The van der Waals surface area contributed by atoms with Crippen molar-refractivity contribution >= 4 is 0 Å². The summed E-state index contributed by atoms with van der Waals surface area (Å²) in [6.45, 7) is 14.5. The zero-order chi connectivity index (χ0) is 16.7. The van der Waals surface area contributed by atoms with Gasteiger partial charge in [0.25, 0.3) is 0 Å². The van der Waals surface area contributed by atoms with Gasteiger partial charge in [-0.3, -0.25) is 0 Å². The summed E-state index contributed by atoms with van der Waals surface area (Å²) in [4.78, 5) is 2.52. The van der Waals surface area contributed by atoms with Crippen molar-refractivity contribution in [1.29, 1.82) is 0 Å². The van der Waals surface area contributed by atoms with Crippen molar-refractivity contribution in [3.63, 3.8) is 0 Å². The molecule has 23 heavy (non-hydrogen) atoms. The van der Waals surface area contributed by atoms with E-state index in [0.717, 1.165) is 24.8 Å². The van der Waals surface area contributed by atoms with Gasteiger partial charge in [0.2, 0.25) is 0 Å². The number of ether oxygens (including phenoxy) is 2. The van der Waals surface area contributed by atoms with Crippen molar-refractivity contribution in [3.05, 3.63) is 29.3 Å². The normalized spacial score (nSPS) is 19.3. The first-order valence-corrected chi connectivity index (χ1v) is 9.09. The number of benzene rings is 1. The van der Waals surface area contributed by atoms with Crippen LogP contribution in [0.5, 0.6) is 5.75 Å². The number of likely N-dealkylation sites (tertiary alicyclic amines) is 1. The predicted molar refractivity (Wildman–Crippen MR) is 96.4 cm³/mol. The molecular formula is C20H33NO2. The third-order valence-corrected chi connectivity index (χ3v) is 4.53. The molecule has 3 heteroatoms. The summed E-state index contributed by atoms with van der Waals surface area (Å²) in [5.74, 6) is 2.33. The number of nitrogens with zero attached hydrogens (tertiary/aromatic N) is 1. The average molecular weight is 319 g/mol. The number of aryl methyl sites for hydroxylation is 1. The molecule has 1 heterocycles. The van der Waals surface area contributed by atoms with Crippen LogP contribution in [0, 0.1) is 12.8 Å². The van der Waals surface area contributed by atoms with E-state index < -0.39 is 0 Å². The van der Waals surface area contributed by atoms with Crippen LogP contribution in [0.4, 0.5) is 0 Å². The highest BCUT2D eigenvalue weighted by molar-refractivity contribution is 5.35. The fourth-order valence-corrected chi connectivity index (χ4v) is 3.20. The Morgan fingerprint density at radius 1 is 1.17 bits per heavy atom. The van der Waals surface area contributed by atoms with Crippen molar-refractivity contribution < 1.29 is 9.47 Å². The minimum absolute atomic E-state index is 0.528. The minimum atomic E-state index is 0.528. The van der Waals surface area contributed by atoms with Crippen LogP contribution in [0.25, 0.3) is 0 Å². The molecule has 0 aliphatic carbocycles. The maximum atomic E-state index is 5.85. The van der Waals surface area contributed by atoms with Gasteiger partial charge in [-0.15, -0.1) is 0 Å². The van der Waals surface area contributed by atoms with E-state index in [1.54, 1.807) is 0 Å². The van der Waals surface area contributed by atoms with E-state index in [-0.39, 0.29) is 0 Å². The second-order valence-electron chi connectivity index (χ2n) is 7.24. The lowest BCUT2D eigenvalue weighted by atomic mass is 10.0. The van der Waals surface area contributed by atoms with Crippen LogP contribution in [0.2, 0.25) is 0 Å². The molecule has 0 unspecified atom stereocenters. The van der Waals surface area contributed by atoms with E-state index in [1.165, 1.54) is 37.1 Å². The summed E-state index contributed by atoms with van der Waals surface area (Å²) in [6, 6.07) is 6.47. The summed E-state index contributed by atoms with van der Waals surface area (Å²) >= 11 is 0. The third-order valence-electron chi connectivity index (χ3n) is 4.53. The van der Waals surface area contributed by atoms with Gasteiger partial charge < -0.3 is 14.4 Å². The molecule has 1 aliphatic rings. The number of rotatable bonds is 8. The molecule has 0 saturated carbocycles. The Morgan fingerprint density at radius 2 is 2.00 bits per heavy atom. The molecule has 0 amide bonds. The highest BCUT2D eigenvalue weighted by Crippen LogP contribution is 2.22. The van der Waals surface area contributed by atoms with Crippen LogP contribution >= 0.6 is 0 Å². The minimum Gasteiger partial charge on any atom is -0.491 e. The van der Waals surface area contributed by atoms with Crippen LogP contribution in [0.1, 0.15) is 50.7 Å². The molecule has 2 rings (SSSR count). The monoisotopic (exact) mass is 319 g/mol. The average Bonchev–Trinajstić information content (AvgIpc) is 2.50. The lowest BCUT2D eigenvalue weighted by Gasteiger charge is -2.30. The first kappa shape index (κ1) is 18.3. The Bertz CT molecular complexity index is 473. The molecule has 0 spiro atoms. The molecule has 1 aliphatic heterocycles. The van der Waals surface area contributed by atoms with Crippen LogP contribution in [-0.2, 0) is 4.74 Å². The van der Waals surface area contributed by atoms with Crippen molar-refractivity contribution in [1.82, 2.24) is 4.90 Å². The molecule has 0 aromatic heterocycles. The zero-order valence-electron chi connectivity index (χ0n) is 15.3. The Hall–Kier alpha value is -1.06. The second kappa shape index (κ2) is 9.29. The van der Waals surface area contributed by atoms with Crippen molar-refractivity contribution in [2.45, 2.75) is 46.5 Å². The van der Waals surface area contributed by atoms with Crippen LogP contribution in [0.15, 0.2) is 18.2 Å². The quantitative estimate of drug-likeness (QED) is 0.669. The Morgan fingerprint density at radius 3 is 2.74 bits per heavy atom. The zero-order valence-corrected chi connectivity index (χ0v) is 15.3. The van der Waals surface area contributed by atoms with Gasteiger partial charge in [0.15, 0.2) is 0 Å². The fraction of sp³-hybridized carbons (Fsp3) is 0.700. The van der Waals surface area contributed by atoms with Crippen molar-refractivity contribution in [2.24, 2.45) is 5.92 Å². The highest BCUT2D eigenvalue weighted by atomic mass is 16.5. The predicted octanol–water partition coefficient (Wildman–Crippen LogP) is 4.25. The first-order valence-electron chi connectivity index (χ1n) is 9.09. The van der Waals surface area contributed by atoms with E-state index in [4.69, 9.17) is 9.47 Å². The number of hydrogen-bond acceptors (Lipinski definition) is 3. The Kier molecular flexibility index (Phi) is 7.38. The molecule has 1 aromatic carbocycles. The van der Waals surface area contributed by atoms with Crippen molar-refractivity contribution in [3.8, 4) is 5.75 Å². The molecule has 0 bridgehead atoms. The maximum Gasteiger partial charge on any atom is 0.119 e. The van der Waals surface area contributed by atoms with E-state index in [1.807, 2.05) is 0 Å². The molecule has 0 N–H and O–H groups in total. The van der Waals surface area contributed by atoms with E-state index in [9.17, 15) is 0 Å². The van der Waals surface area contributed by atoms with Gasteiger partial charge in [0, 0.05) is 13.1 Å². The van der Waals surface area contributed by atoms with Gasteiger partial charge in [-0.2, -0.15) is 0 Å². The van der Waals surface area contributed by atoms with Gasteiger partial charge in [0.1, 0.15) is 12.4 Å². The summed E-state index contributed by atoms with van der Waals surface area (Å²) in [5.41, 5.74) is 2.59. The van der Waals surface area contributed by atoms with Crippen LogP contribution < -0.4 is 4.74 Å². The van der Waals surface area contributed by atoms with Crippen LogP contribution in [-0.4, -0.2) is 44.4 Å². The van der Waals surface area contributed by atoms with Gasteiger partial charge in [-0.05, 0) is 61.4 Å². The molecule has 1 aromatic rings. The largest absolute Gasteiger partial charge is 0.491 e. The molecule has 0 radical (unpaired) electrons.